The number of carbonyl (C=O) groups excluding carboxylic acids is 1. The molecule has 25 heavy (non-hydrogen) atoms. The molecule has 1 aromatic heterocycles. The van der Waals surface area contributed by atoms with Gasteiger partial charge in [0.15, 0.2) is 0 Å². The molecule has 0 bridgehead atoms. The third-order valence-corrected chi connectivity index (χ3v) is 4.83. The number of amides is 2. The van der Waals surface area contributed by atoms with Gasteiger partial charge in [-0.15, -0.1) is 0 Å². The third-order valence-electron chi connectivity index (χ3n) is 4.24. The van der Waals surface area contributed by atoms with Crippen LogP contribution in [0.25, 0.3) is 0 Å². The van der Waals surface area contributed by atoms with E-state index in [4.69, 9.17) is 23.2 Å². The van der Waals surface area contributed by atoms with Crippen molar-refractivity contribution in [1.29, 1.82) is 0 Å². The summed E-state index contributed by atoms with van der Waals surface area (Å²) in [4.78, 5) is 18.7. The molecule has 1 aromatic carbocycles. The van der Waals surface area contributed by atoms with Crippen LogP contribution in [0.15, 0.2) is 30.6 Å². The highest BCUT2D eigenvalue weighted by atomic mass is 35.5. The molecule has 0 saturated heterocycles. The standard InChI is InChI=1S/C18H22Cl2N4O/c1-2-7-22-18(25)24(15-5-6-15)12-17-21-8-9-23(17)11-13-3-4-14(19)10-16(13)20/h3-4,8-10,15H,2,5-7,11-12H2,1H3,(H,22,25). The lowest BCUT2D eigenvalue weighted by atomic mass is 10.2. The van der Waals surface area contributed by atoms with Crippen molar-refractivity contribution < 1.29 is 4.79 Å². The first-order valence-corrected chi connectivity index (χ1v) is 9.32. The van der Waals surface area contributed by atoms with Gasteiger partial charge in [0, 0.05) is 35.0 Å². The summed E-state index contributed by atoms with van der Waals surface area (Å²) in [5, 5.41) is 4.21. The lowest BCUT2D eigenvalue weighted by Gasteiger charge is -2.23. The molecule has 2 amide bonds. The number of urea groups is 1. The van der Waals surface area contributed by atoms with E-state index in [1.54, 1.807) is 12.3 Å². The van der Waals surface area contributed by atoms with Crippen LogP contribution in [0.5, 0.6) is 0 Å². The lowest BCUT2D eigenvalue weighted by molar-refractivity contribution is 0.190. The number of nitrogens with zero attached hydrogens (tertiary/aromatic N) is 3. The fourth-order valence-corrected chi connectivity index (χ4v) is 3.18. The first-order chi connectivity index (χ1) is 12.1. The average molecular weight is 381 g/mol. The average Bonchev–Trinajstić information content (AvgIpc) is 3.33. The van der Waals surface area contributed by atoms with Crippen LogP contribution in [0.3, 0.4) is 0 Å². The molecule has 7 heteroatoms. The van der Waals surface area contributed by atoms with Crippen LogP contribution >= 0.6 is 23.2 Å². The summed E-state index contributed by atoms with van der Waals surface area (Å²) < 4.78 is 2.03. The molecule has 0 radical (unpaired) electrons. The zero-order valence-corrected chi connectivity index (χ0v) is 15.7. The third kappa shape index (κ3) is 4.67. The van der Waals surface area contributed by atoms with Gasteiger partial charge in [-0.05, 0) is 37.0 Å². The Balaban J connectivity index is 1.73. The number of halogens is 2. The summed E-state index contributed by atoms with van der Waals surface area (Å²) in [6, 6.07) is 5.79. The summed E-state index contributed by atoms with van der Waals surface area (Å²) in [7, 11) is 0. The second-order valence-electron chi connectivity index (χ2n) is 6.30. The summed E-state index contributed by atoms with van der Waals surface area (Å²) in [6.07, 6.45) is 6.71. The van der Waals surface area contributed by atoms with Crippen LogP contribution in [0.2, 0.25) is 10.0 Å². The first-order valence-electron chi connectivity index (χ1n) is 8.57. The van der Waals surface area contributed by atoms with Crippen LogP contribution in [0.1, 0.15) is 37.6 Å². The Bertz CT molecular complexity index is 742. The zero-order chi connectivity index (χ0) is 17.8. The highest BCUT2D eigenvalue weighted by Crippen LogP contribution is 2.28. The number of benzene rings is 1. The molecule has 5 nitrogen and oxygen atoms in total. The van der Waals surface area contributed by atoms with E-state index in [-0.39, 0.29) is 6.03 Å². The van der Waals surface area contributed by atoms with Gasteiger partial charge in [-0.3, -0.25) is 0 Å². The Morgan fingerprint density at radius 1 is 1.40 bits per heavy atom. The second-order valence-corrected chi connectivity index (χ2v) is 7.14. The Hall–Kier alpha value is -1.72. The first kappa shape index (κ1) is 18.1. The number of rotatable bonds is 7. The Morgan fingerprint density at radius 2 is 2.20 bits per heavy atom. The Morgan fingerprint density at radius 3 is 2.88 bits per heavy atom. The molecule has 2 aromatic rings. The maximum Gasteiger partial charge on any atom is 0.318 e. The molecule has 1 heterocycles. The number of hydrogen-bond donors (Lipinski definition) is 1. The van der Waals surface area contributed by atoms with Crippen molar-refractivity contribution in [3.63, 3.8) is 0 Å². The van der Waals surface area contributed by atoms with Crippen molar-refractivity contribution in [2.45, 2.75) is 45.3 Å². The van der Waals surface area contributed by atoms with Crippen LogP contribution in [-0.4, -0.2) is 33.1 Å². The maximum absolute atomic E-state index is 12.4. The molecule has 1 aliphatic rings. The van der Waals surface area contributed by atoms with E-state index in [0.29, 0.717) is 35.7 Å². The summed E-state index contributed by atoms with van der Waals surface area (Å²) in [5.41, 5.74) is 0.971. The largest absolute Gasteiger partial charge is 0.338 e. The molecule has 0 unspecified atom stereocenters. The molecular weight excluding hydrogens is 359 g/mol. The Labute approximate surface area is 157 Å². The van der Waals surface area contributed by atoms with Crippen molar-refractivity contribution in [2.24, 2.45) is 0 Å². The van der Waals surface area contributed by atoms with Gasteiger partial charge in [0.25, 0.3) is 0 Å². The van der Waals surface area contributed by atoms with E-state index >= 15 is 0 Å². The molecule has 0 aliphatic heterocycles. The van der Waals surface area contributed by atoms with Crippen LogP contribution in [0.4, 0.5) is 4.79 Å². The zero-order valence-electron chi connectivity index (χ0n) is 14.2. The number of carbonyl (C=O) groups is 1. The molecule has 0 atom stereocenters. The lowest BCUT2D eigenvalue weighted by Crippen LogP contribution is -2.41. The quantitative estimate of drug-likeness (QED) is 0.777. The smallest absolute Gasteiger partial charge is 0.318 e. The van der Waals surface area contributed by atoms with Crippen molar-refractivity contribution in [3.8, 4) is 0 Å². The normalized spacial score (nSPS) is 13.7. The summed E-state index contributed by atoms with van der Waals surface area (Å²) in [5.74, 6) is 0.851. The van der Waals surface area contributed by atoms with Gasteiger partial charge >= 0.3 is 6.03 Å². The predicted molar refractivity (Wildman–Crippen MR) is 100 cm³/mol. The highest BCUT2D eigenvalue weighted by molar-refractivity contribution is 6.35. The Kier molecular flexibility index (Phi) is 5.86. The summed E-state index contributed by atoms with van der Waals surface area (Å²) >= 11 is 12.2. The van der Waals surface area contributed by atoms with Gasteiger partial charge in [-0.2, -0.15) is 0 Å². The molecule has 3 rings (SSSR count). The van der Waals surface area contributed by atoms with Gasteiger partial charge < -0.3 is 14.8 Å². The molecule has 134 valence electrons. The molecule has 0 spiro atoms. The predicted octanol–water partition coefficient (Wildman–Crippen LogP) is 4.32. The topological polar surface area (TPSA) is 50.2 Å². The van der Waals surface area contributed by atoms with Crippen molar-refractivity contribution in [3.05, 3.63) is 52.0 Å². The van der Waals surface area contributed by atoms with E-state index in [9.17, 15) is 4.79 Å². The van der Waals surface area contributed by atoms with E-state index in [2.05, 4.69) is 10.3 Å². The summed E-state index contributed by atoms with van der Waals surface area (Å²) in [6.45, 7) is 3.83. The van der Waals surface area contributed by atoms with Crippen molar-refractivity contribution >= 4 is 29.2 Å². The number of hydrogen-bond acceptors (Lipinski definition) is 2. The second kappa shape index (κ2) is 8.11. The molecule has 1 saturated carbocycles. The van der Waals surface area contributed by atoms with Gasteiger partial charge in [-0.1, -0.05) is 36.2 Å². The number of aromatic nitrogens is 2. The van der Waals surface area contributed by atoms with Gasteiger partial charge in [0.1, 0.15) is 5.82 Å². The van der Waals surface area contributed by atoms with E-state index in [1.165, 1.54) is 0 Å². The van der Waals surface area contributed by atoms with Crippen LogP contribution in [0, 0.1) is 0 Å². The minimum atomic E-state index is -0.0107. The number of nitrogens with one attached hydrogen (secondary N) is 1. The van der Waals surface area contributed by atoms with Crippen molar-refractivity contribution in [2.75, 3.05) is 6.54 Å². The minimum absolute atomic E-state index is 0.0107. The fourth-order valence-electron chi connectivity index (χ4n) is 2.71. The SMILES string of the molecule is CCCNC(=O)N(Cc1nccn1Cc1ccc(Cl)cc1Cl)C1CC1. The van der Waals surface area contributed by atoms with E-state index in [1.807, 2.05) is 34.7 Å². The van der Waals surface area contributed by atoms with E-state index < -0.39 is 0 Å². The monoisotopic (exact) mass is 380 g/mol. The van der Waals surface area contributed by atoms with Crippen molar-refractivity contribution in [1.82, 2.24) is 19.8 Å². The molecular formula is C18H22Cl2N4O. The molecule has 1 aliphatic carbocycles. The van der Waals surface area contributed by atoms with Crippen LogP contribution in [-0.2, 0) is 13.1 Å². The van der Waals surface area contributed by atoms with Gasteiger partial charge in [0.05, 0.1) is 13.1 Å². The molecule has 1 fully saturated rings. The number of imidazole rings is 1. The van der Waals surface area contributed by atoms with E-state index in [0.717, 1.165) is 30.7 Å². The highest BCUT2D eigenvalue weighted by Gasteiger charge is 2.33. The van der Waals surface area contributed by atoms with Crippen LogP contribution < -0.4 is 5.32 Å². The van der Waals surface area contributed by atoms with Gasteiger partial charge in [0.2, 0.25) is 0 Å². The minimum Gasteiger partial charge on any atom is -0.338 e. The maximum atomic E-state index is 12.4. The fraction of sp³-hybridized carbons (Fsp3) is 0.444. The van der Waals surface area contributed by atoms with Gasteiger partial charge in [-0.25, -0.2) is 9.78 Å². The molecule has 1 N–H and O–H groups in total.